The average Bonchev–Trinajstić information content (AvgIpc) is 2.73. The summed E-state index contributed by atoms with van der Waals surface area (Å²) in [6.45, 7) is 6.43. The Balaban J connectivity index is 0.00000176. The van der Waals surface area contributed by atoms with Gasteiger partial charge >= 0.3 is 0 Å². The van der Waals surface area contributed by atoms with Crippen molar-refractivity contribution in [2.24, 2.45) is 0 Å². The fourth-order valence-electron chi connectivity index (χ4n) is 2.19. The van der Waals surface area contributed by atoms with E-state index in [4.69, 9.17) is 21.1 Å². The van der Waals surface area contributed by atoms with Crippen LogP contribution in [0.4, 0.5) is 0 Å². The molecule has 5 heteroatoms. The second kappa shape index (κ2) is 13.4. The van der Waals surface area contributed by atoms with Crippen LogP contribution in [0.5, 0.6) is 11.5 Å². The van der Waals surface area contributed by atoms with Gasteiger partial charge < -0.3 is 19.7 Å². The van der Waals surface area contributed by atoms with Crippen molar-refractivity contribution in [3.05, 3.63) is 59.7 Å². The Morgan fingerprint density at radius 2 is 1.19 bits per heavy atom. The molecule has 2 rings (SSSR count). The molecule has 0 bridgehead atoms. The lowest BCUT2D eigenvalue weighted by Crippen LogP contribution is -2.18. The molecule has 27 heavy (non-hydrogen) atoms. The number of benzene rings is 2. The molecule has 0 amide bonds. The third-order valence-corrected chi connectivity index (χ3v) is 4.15. The molecule has 0 saturated heterocycles. The minimum absolute atomic E-state index is 0.162. The fraction of sp³-hybridized carbons (Fsp3) is 0.455. The Labute approximate surface area is 167 Å². The predicted octanol–water partition coefficient (Wildman–Crippen LogP) is 4.43. The van der Waals surface area contributed by atoms with Crippen LogP contribution < -0.4 is 9.47 Å². The summed E-state index contributed by atoms with van der Waals surface area (Å²) in [5, 5.41) is 18.9. The summed E-state index contributed by atoms with van der Waals surface area (Å²) in [5.41, 5.74) is 2.34. The van der Waals surface area contributed by atoms with Crippen LogP contribution in [0, 0.1) is 0 Å². The molecular formula is C22H31ClO4. The van der Waals surface area contributed by atoms with Gasteiger partial charge in [-0.15, -0.1) is 11.6 Å². The third kappa shape index (κ3) is 9.14. The van der Waals surface area contributed by atoms with E-state index in [1.165, 1.54) is 11.1 Å². The number of hydrogen-bond acceptors (Lipinski definition) is 4. The Morgan fingerprint density at radius 1 is 0.778 bits per heavy atom. The first-order chi connectivity index (χ1) is 13.1. The smallest absolute Gasteiger partial charge is 0.119 e. The minimum Gasteiger partial charge on any atom is -0.491 e. The Bertz CT molecular complexity index is 558. The topological polar surface area (TPSA) is 58.9 Å². The fourth-order valence-corrected chi connectivity index (χ4v) is 2.28. The monoisotopic (exact) mass is 394 g/mol. The Morgan fingerprint density at radius 3 is 1.56 bits per heavy atom. The van der Waals surface area contributed by atoms with E-state index in [-0.39, 0.29) is 12.5 Å². The van der Waals surface area contributed by atoms with Gasteiger partial charge in [-0.2, -0.15) is 0 Å². The zero-order valence-electron chi connectivity index (χ0n) is 16.4. The van der Waals surface area contributed by atoms with Crippen molar-refractivity contribution in [3.63, 3.8) is 0 Å². The molecule has 0 fully saturated rings. The first-order valence-corrected chi connectivity index (χ1v) is 9.99. The van der Waals surface area contributed by atoms with Gasteiger partial charge in [-0.25, -0.2) is 0 Å². The number of hydrogen-bond donors (Lipinski definition) is 2. The highest BCUT2D eigenvalue weighted by Gasteiger charge is 2.04. The van der Waals surface area contributed by atoms with Gasteiger partial charge in [-0.1, -0.05) is 45.0 Å². The maximum Gasteiger partial charge on any atom is 0.119 e. The molecule has 0 aliphatic rings. The van der Waals surface area contributed by atoms with Crippen LogP contribution >= 0.6 is 11.6 Å². The predicted molar refractivity (Wildman–Crippen MR) is 111 cm³/mol. The van der Waals surface area contributed by atoms with E-state index in [9.17, 15) is 10.2 Å². The molecule has 150 valence electrons. The highest BCUT2D eigenvalue weighted by molar-refractivity contribution is 6.18. The van der Waals surface area contributed by atoms with Crippen LogP contribution in [0.3, 0.4) is 0 Å². The maximum absolute atomic E-state index is 9.52. The van der Waals surface area contributed by atoms with Gasteiger partial charge in [0.25, 0.3) is 0 Å². The lowest BCUT2D eigenvalue weighted by atomic mass is 10.0. The summed E-state index contributed by atoms with van der Waals surface area (Å²) in [7, 11) is 0. The van der Waals surface area contributed by atoms with Gasteiger partial charge in [-0.3, -0.25) is 0 Å². The Hall–Kier alpha value is -1.75. The van der Waals surface area contributed by atoms with Crippen molar-refractivity contribution >= 4 is 11.6 Å². The van der Waals surface area contributed by atoms with Gasteiger partial charge in [-0.05, 0) is 48.2 Å². The van der Waals surface area contributed by atoms with Crippen LogP contribution in [0.1, 0.15) is 38.3 Å². The SMILES string of the molecule is CC.CCC(O)COc1ccc(Cc2ccc(OCC(O)CCl)cc2)cc1. The van der Waals surface area contributed by atoms with Crippen LogP contribution in [-0.2, 0) is 6.42 Å². The zero-order valence-corrected chi connectivity index (χ0v) is 17.2. The van der Waals surface area contributed by atoms with Crippen molar-refractivity contribution in [1.29, 1.82) is 0 Å². The van der Waals surface area contributed by atoms with E-state index in [0.717, 1.165) is 12.2 Å². The maximum atomic E-state index is 9.52. The first kappa shape index (κ1) is 23.3. The highest BCUT2D eigenvalue weighted by Crippen LogP contribution is 2.18. The molecule has 0 spiro atoms. The molecular weight excluding hydrogens is 364 g/mol. The molecule has 2 atom stereocenters. The molecule has 4 nitrogen and oxygen atoms in total. The van der Waals surface area contributed by atoms with E-state index in [1.807, 2.05) is 69.3 Å². The zero-order chi connectivity index (χ0) is 20.1. The molecule has 0 aliphatic carbocycles. The van der Waals surface area contributed by atoms with E-state index < -0.39 is 12.2 Å². The van der Waals surface area contributed by atoms with Crippen molar-refractivity contribution in [1.82, 2.24) is 0 Å². The van der Waals surface area contributed by atoms with Crippen LogP contribution in [0.25, 0.3) is 0 Å². The highest BCUT2D eigenvalue weighted by atomic mass is 35.5. The van der Waals surface area contributed by atoms with Crippen molar-refractivity contribution in [3.8, 4) is 11.5 Å². The molecule has 0 aliphatic heterocycles. The molecule has 2 aromatic rings. The summed E-state index contributed by atoms with van der Waals surface area (Å²) >= 11 is 5.54. The number of halogens is 1. The van der Waals surface area contributed by atoms with E-state index in [2.05, 4.69) is 0 Å². The van der Waals surface area contributed by atoms with E-state index in [0.29, 0.717) is 18.8 Å². The van der Waals surface area contributed by atoms with Gasteiger partial charge in [0, 0.05) is 0 Å². The largest absolute Gasteiger partial charge is 0.491 e. The van der Waals surface area contributed by atoms with Crippen LogP contribution in [-0.4, -0.2) is 41.5 Å². The molecule has 0 radical (unpaired) electrons. The Kier molecular flexibility index (Phi) is 11.6. The summed E-state index contributed by atoms with van der Waals surface area (Å²) in [6.07, 6.45) is 0.414. The second-order valence-electron chi connectivity index (χ2n) is 5.96. The van der Waals surface area contributed by atoms with Gasteiger partial charge in [0.15, 0.2) is 0 Å². The lowest BCUT2D eigenvalue weighted by Gasteiger charge is -2.11. The summed E-state index contributed by atoms with van der Waals surface area (Å²) in [4.78, 5) is 0. The van der Waals surface area contributed by atoms with E-state index in [1.54, 1.807) is 0 Å². The quantitative estimate of drug-likeness (QED) is 0.585. The normalized spacial score (nSPS) is 12.5. The minimum atomic E-state index is -0.652. The van der Waals surface area contributed by atoms with Crippen molar-refractivity contribution < 1.29 is 19.7 Å². The summed E-state index contributed by atoms with van der Waals surface area (Å²) < 4.78 is 11.0. The standard InChI is InChI=1S/C20H25ClO4.C2H6/c1-2-17(22)13-24-19-7-3-15(4-8-19)11-16-5-9-20(10-6-16)25-14-18(23)12-21;1-2/h3-10,17-18,22-23H,2,11-14H2,1H3;1-2H3. The molecule has 2 N–H and O–H groups in total. The molecule has 0 aromatic heterocycles. The number of ether oxygens (including phenoxy) is 2. The van der Waals surface area contributed by atoms with Crippen molar-refractivity contribution in [2.75, 3.05) is 19.1 Å². The molecule has 2 unspecified atom stereocenters. The van der Waals surface area contributed by atoms with Crippen molar-refractivity contribution in [2.45, 2.75) is 45.8 Å². The van der Waals surface area contributed by atoms with Gasteiger partial charge in [0.2, 0.25) is 0 Å². The number of aliphatic hydroxyl groups is 2. The number of alkyl halides is 1. The third-order valence-electron chi connectivity index (χ3n) is 3.79. The second-order valence-corrected chi connectivity index (χ2v) is 6.27. The molecule has 2 aromatic carbocycles. The van der Waals surface area contributed by atoms with Gasteiger partial charge in [0.05, 0.1) is 12.0 Å². The average molecular weight is 395 g/mol. The van der Waals surface area contributed by atoms with Crippen LogP contribution in [0.2, 0.25) is 0 Å². The number of rotatable bonds is 10. The van der Waals surface area contributed by atoms with Gasteiger partial charge in [0.1, 0.15) is 30.8 Å². The summed E-state index contributed by atoms with van der Waals surface area (Å²) in [5.74, 6) is 1.64. The lowest BCUT2D eigenvalue weighted by molar-refractivity contribution is 0.104. The first-order valence-electron chi connectivity index (χ1n) is 9.46. The molecule has 0 heterocycles. The molecule has 0 saturated carbocycles. The van der Waals surface area contributed by atoms with Crippen LogP contribution in [0.15, 0.2) is 48.5 Å². The summed E-state index contributed by atoms with van der Waals surface area (Å²) in [6, 6.07) is 15.7. The van der Waals surface area contributed by atoms with E-state index >= 15 is 0 Å². The number of aliphatic hydroxyl groups excluding tert-OH is 2.